The van der Waals surface area contributed by atoms with Gasteiger partial charge in [-0.25, -0.2) is 0 Å². The number of hydrogen-bond donors (Lipinski definition) is 0. The summed E-state index contributed by atoms with van der Waals surface area (Å²) in [6, 6.07) is 19.3. The summed E-state index contributed by atoms with van der Waals surface area (Å²) in [5, 5.41) is 8.97. The number of piperazine rings is 1. The second-order valence-corrected chi connectivity index (χ2v) is 6.10. The number of carbonyl (C=O) groups is 1. The van der Waals surface area contributed by atoms with Crippen molar-refractivity contribution in [3.8, 4) is 6.07 Å². The van der Waals surface area contributed by atoms with Crippen molar-refractivity contribution in [2.75, 3.05) is 32.7 Å². The number of nitriles is 1. The van der Waals surface area contributed by atoms with Crippen molar-refractivity contribution in [3.05, 3.63) is 77.4 Å². The normalized spacial score (nSPS) is 15.2. The molecular formula is C21H21N3O. The maximum atomic E-state index is 12.6. The number of rotatable bonds is 4. The number of hydrogen-bond acceptors (Lipinski definition) is 3. The average molecular weight is 331 g/mol. The third-order valence-corrected chi connectivity index (χ3v) is 4.37. The third kappa shape index (κ3) is 4.56. The van der Waals surface area contributed by atoms with Gasteiger partial charge in [0.25, 0.3) is 5.91 Å². The molecule has 25 heavy (non-hydrogen) atoms. The highest BCUT2D eigenvalue weighted by Gasteiger charge is 2.21. The molecule has 0 saturated carbocycles. The van der Waals surface area contributed by atoms with Crippen molar-refractivity contribution in [1.82, 2.24) is 9.80 Å². The van der Waals surface area contributed by atoms with Crippen molar-refractivity contribution >= 4 is 12.0 Å². The van der Waals surface area contributed by atoms with E-state index < -0.39 is 0 Å². The number of amides is 1. The molecule has 1 aliphatic rings. The first-order valence-electron chi connectivity index (χ1n) is 8.49. The number of carbonyl (C=O) groups excluding carboxylic acids is 1. The van der Waals surface area contributed by atoms with E-state index >= 15 is 0 Å². The lowest BCUT2D eigenvalue weighted by atomic mass is 10.1. The standard InChI is InChI=1S/C21H21N3O/c22-17-19-8-4-10-20(16-19)21(25)24-14-12-23(13-15-24)11-5-9-18-6-2-1-3-7-18/h1-10,16H,11-15H2/b9-5+. The predicted octanol–water partition coefficient (Wildman–Crippen LogP) is 3.03. The highest BCUT2D eigenvalue weighted by Crippen LogP contribution is 2.11. The van der Waals surface area contributed by atoms with Crippen LogP contribution in [0.15, 0.2) is 60.7 Å². The SMILES string of the molecule is N#Cc1cccc(C(=O)N2CCN(C/C=C/c3ccccc3)CC2)c1. The fourth-order valence-corrected chi connectivity index (χ4v) is 2.94. The van der Waals surface area contributed by atoms with Gasteiger partial charge in [-0.1, -0.05) is 48.6 Å². The molecule has 1 saturated heterocycles. The summed E-state index contributed by atoms with van der Waals surface area (Å²) in [6.45, 7) is 4.05. The van der Waals surface area contributed by atoms with Crippen LogP contribution in [0, 0.1) is 11.3 Å². The molecule has 4 heteroatoms. The molecule has 1 aliphatic heterocycles. The maximum Gasteiger partial charge on any atom is 0.253 e. The molecule has 2 aromatic rings. The van der Waals surface area contributed by atoms with Gasteiger partial charge in [-0.15, -0.1) is 0 Å². The smallest absolute Gasteiger partial charge is 0.253 e. The van der Waals surface area contributed by atoms with Gasteiger partial charge in [0.05, 0.1) is 11.6 Å². The van der Waals surface area contributed by atoms with Gasteiger partial charge in [0.15, 0.2) is 0 Å². The Bertz CT molecular complexity index is 784. The zero-order valence-corrected chi connectivity index (χ0v) is 14.1. The Morgan fingerprint density at radius 1 is 1.04 bits per heavy atom. The number of nitrogens with zero attached hydrogens (tertiary/aromatic N) is 3. The maximum absolute atomic E-state index is 12.6. The van der Waals surface area contributed by atoms with E-state index in [1.54, 1.807) is 24.3 Å². The van der Waals surface area contributed by atoms with E-state index in [1.165, 1.54) is 5.56 Å². The Balaban J connectivity index is 1.50. The van der Waals surface area contributed by atoms with Crippen LogP contribution in [0.2, 0.25) is 0 Å². The molecule has 3 rings (SSSR count). The zero-order valence-electron chi connectivity index (χ0n) is 14.1. The van der Waals surface area contributed by atoms with Crippen molar-refractivity contribution in [2.45, 2.75) is 0 Å². The van der Waals surface area contributed by atoms with Crippen molar-refractivity contribution in [1.29, 1.82) is 5.26 Å². The van der Waals surface area contributed by atoms with Gasteiger partial charge in [-0.2, -0.15) is 5.26 Å². The van der Waals surface area contributed by atoms with Crippen molar-refractivity contribution in [3.63, 3.8) is 0 Å². The van der Waals surface area contributed by atoms with Crippen LogP contribution in [0.1, 0.15) is 21.5 Å². The topological polar surface area (TPSA) is 47.3 Å². The van der Waals surface area contributed by atoms with E-state index in [-0.39, 0.29) is 5.91 Å². The van der Waals surface area contributed by atoms with Gasteiger partial charge in [0, 0.05) is 38.3 Å². The average Bonchev–Trinajstić information content (AvgIpc) is 2.69. The van der Waals surface area contributed by atoms with E-state index in [9.17, 15) is 4.79 Å². The first-order valence-corrected chi connectivity index (χ1v) is 8.49. The molecule has 2 aromatic carbocycles. The van der Waals surface area contributed by atoms with E-state index in [2.05, 4.69) is 35.3 Å². The molecule has 0 aromatic heterocycles. The molecule has 0 atom stereocenters. The van der Waals surface area contributed by atoms with Crippen LogP contribution < -0.4 is 0 Å². The van der Waals surface area contributed by atoms with Gasteiger partial charge >= 0.3 is 0 Å². The summed E-state index contributed by atoms with van der Waals surface area (Å²) in [7, 11) is 0. The lowest BCUT2D eigenvalue weighted by molar-refractivity contribution is 0.0650. The van der Waals surface area contributed by atoms with E-state index in [1.807, 2.05) is 23.1 Å². The van der Waals surface area contributed by atoms with Crippen molar-refractivity contribution < 1.29 is 4.79 Å². The highest BCUT2D eigenvalue weighted by atomic mass is 16.2. The molecule has 4 nitrogen and oxygen atoms in total. The second kappa shape index (κ2) is 8.27. The Kier molecular flexibility index (Phi) is 5.61. The van der Waals surface area contributed by atoms with Crippen LogP contribution >= 0.6 is 0 Å². The molecule has 0 bridgehead atoms. The Morgan fingerprint density at radius 3 is 2.52 bits per heavy atom. The lowest BCUT2D eigenvalue weighted by Crippen LogP contribution is -2.48. The molecule has 126 valence electrons. The highest BCUT2D eigenvalue weighted by molar-refractivity contribution is 5.94. The van der Waals surface area contributed by atoms with Crippen LogP contribution in [-0.2, 0) is 0 Å². The van der Waals surface area contributed by atoms with Crippen LogP contribution in [0.3, 0.4) is 0 Å². The van der Waals surface area contributed by atoms with Gasteiger partial charge in [-0.3, -0.25) is 9.69 Å². The van der Waals surface area contributed by atoms with Crippen molar-refractivity contribution in [2.24, 2.45) is 0 Å². The van der Waals surface area contributed by atoms with Crippen LogP contribution in [0.5, 0.6) is 0 Å². The van der Waals surface area contributed by atoms with Gasteiger partial charge < -0.3 is 4.90 Å². The summed E-state index contributed by atoms with van der Waals surface area (Å²) < 4.78 is 0. The van der Waals surface area contributed by atoms with E-state index in [0.717, 1.165) is 32.7 Å². The Morgan fingerprint density at radius 2 is 1.80 bits per heavy atom. The summed E-state index contributed by atoms with van der Waals surface area (Å²) in [6.07, 6.45) is 4.30. The fourth-order valence-electron chi connectivity index (χ4n) is 2.94. The van der Waals surface area contributed by atoms with Gasteiger partial charge in [0.2, 0.25) is 0 Å². The summed E-state index contributed by atoms with van der Waals surface area (Å²) >= 11 is 0. The van der Waals surface area contributed by atoms with E-state index in [0.29, 0.717) is 11.1 Å². The zero-order chi connectivity index (χ0) is 17.5. The predicted molar refractivity (Wildman–Crippen MR) is 99.0 cm³/mol. The van der Waals surface area contributed by atoms with Crippen LogP contribution in [-0.4, -0.2) is 48.4 Å². The molecule has 1 amide bonds. The van der Waals surface area contributed by atoms with Gasteiger partial charge in [-0.05, 0) is 23.8 Å². The minimum Gasteiger partial charge on any atom is -0.336 e. The Labute approximate surface area is 148 Å². The first-order chi connectivity index (χ1) is 12.3. The lowest BCUT2D eigenvalue weighted by Gasteiger charge is -2.34. The molecule has 0 N–H and O–H groups in total. The summed E-state index contributed by atoms with van der Waals surface area (Å²) in [5.74, 6) is 0.0107. The largest absolute Gasteiger partial charge is 0.336 e. The minimum atomic E-state index is 0.0107. The Hall–Kier alpha value is -2.90. The third-order valence-electron chi connectivity index (χ3n) is 4.37. The summed E-state index contributed by atoms with van der Waals surface area (Å²) in [4.78, 5) is 16.8. The molecule has 0 unspecified atom stereocenters. The number of benzene rings is 2. The minimum absolute atomic E-state index is 0.0107. The quantitative estimate of drug-likeness (QED) is 0.865. The van der Waals surface area contributed by atoms with Crippen LogP contribution in [0.25, 0.3) is 6.08 Å². The molecule has 1 fully saturated rings. The van der Waals surface area contributed by atoms with Crippen LogP contribution in [0.4, 0.5) is 0 Å². The molecule has 0 spiro atoms. The molecular weight excluding hydrogens is 310 g/mol. The monoisotopic (exact) mass is 331 g/mol. The summed E-state index contributed by atoms with van der Waals surface area (Å²) in [5.41, 5.74) is 2.32. The molecule has 0 radical (unpaired) electrons. The second-order valence-electron chi connectivity index (χ2n) is 6.10. The van der Waals surface area contributed by atoms with E-state index in [4.69, 9.17) is 5.26 Å². The fraction of sp³-hybridized carbons (Fsp3) is 0.238. The molecule has 1 heterocycles. The first kappa shape index (κ1) is 16.9. The molecule has 0 aliphatic carbocycles. The van der Waals surface area contributed by atoms with Gasteiger partial charge in [0.1, 0.15) is 0 Å².